The fourth-order valence-corrected chi connectivity index (χ4v) is 2.16. The number of para-hydroxylation sites is 1. The Morgan fingerprint density at radius 1 is 1.28 bits per heavy atom. The molecule has 0 saturated carbocycles. The Balaban J connectivity index is 2.35. The Hall–Kier alpha value is -2.36. The summed E-state index contributed by atoms with van der Waals surface area (Å²) in [4.78, 5) is 19.2. The van der Waals surface area contributed by atoms with Gasteiger partial charge in [0.15, 0.2) is 0 Å². The largest absolute Gasteiger partial charge is 0.462 e. The Morgan fingerprint density at radius 2 is 2.11 bits per heavy atom. The summed E-state index contributed by atoms with van der Waals surface area (Å²) in [7, 11) is 0. The number of hydrogen-bond acceptors (Lipinski definition) is 3. The number of nitrogens with zero attached hydrogens (tertiary/aromatic N) is 1. The lowest BCUT2D eigenvalue weighted by molar-refractivity contribution is 0.0528. The third kappa shape index (κ3) is 1.54. The number of carbonyl (C=O) groups is 1. The minimum atomic E-state index is -0.333. The van der Waals surface area contributed by atoms with Crippen LogP contribution in [0.1, 0.15) is 17.3 Å². The molecule has 1 aromatic carbocycles. The van der Waals surface area contributed by atoms with Gasteiger partial charge >= 0.3 is 5.97 Å². The maximum atomic E-state index is 11.9. The van der Waals surface area contributed by atoms with Crippen molar-refractivity contribution in [3.63, 3.8) is 0 Å². The molecular weight excluding hydrogens is 228 g/mol. The van der Waals surface area contributed by atoms with Crippen LogP contribution in [0.5, 0.6) is 0 Å². The molecule has 0 spiro atoms. The van der Waals surface area contributed by atoms with Crippen molar-refractivity contribution in [2.24, 2.45) is 0 Å². The topological polar surface area (TPSA) is 55.0 Å². The zero-order valence-electron chi connectivity index (χ0n) is 9.93. The highest BCUT2D eigenvalue weighted by atomic mass is 16.5. The van der Waals surface area contributed by atoms with Gasteiger partial charge in [0.25, 0.3) is 0 Å². The summed E-state index contributed by atoms with van der Waals surface area (Å²) >= 11 is 0. The molecule has 0 saturated heterocycles. The van der Waals surface area contributed by atoms with Gasteiger partial charge in [0.05, 0.1) is 23.9 Å². The van der Waals surface area contributed by atoms with Crippen molar-refractivity contribution in [1.82, 2.24) is 9.97 Å². The van der Waals surface area contributed by atoms with Crippen molar-refractivity contribution >= 4 is 27.8 Å². The molecular formula is C14H12N2O2. The molecule has 4 heteroatoms. The minimum absolute atomic E-state index is 0.333. The highest BCUT2D eigenvalue weighted by Gasteiger charge is 2.15. The summed E-state index contributed by atoms with van der Waals surface area (Å²) in [5.41, 5.74) is 2.35. The number of carbonyl (C=O) groups excluding carboxylic acids is 1. The van der Waals surface area contributed by atoms with Crippen molar-refractivity contribution in [2.45, 2.75) is 6.92 Å². The van der Waals surface area contributed by atoms with E-state index in [0.29, 0.717) is 12.2 Å². The molecule has 3 rings (SSSR count). The first-order valence-electron chi connectivity index (χ1n) is 5.83. The summed E-state index contributed by atoms with van der Waals surface area (Å²) < 4.78 is 5.06. The van der Waals surface area contributed by atoms with Crippen molar-refractivity contribution in [3.8, 4) is 0 Å². The molecule has 1 N–H and O–H groups in total. The van der Waals surface area contributed by atoms with Gasteiger partial charge in [-0.15, -0.1) is 0 Å². The molecule has 2 heterocycles. The van der Waals surface area contributed by atoms with Gasteiger partial charge in [0.1, 0.15) is 0 Å². The van der Waals surface area contributed by atoms with Crippen LogP contribution in [0, 0.1) is 0 Å². The van der Waals surface area contributed by atoms with E-state index < -0.39 is 0 Å². The van der Waals surface area contributed by atoms with Crippen LogP contribution in [0.4, 0.5) is 0 Å². The quantitative estimate of drug-likeness (QED) is 0.701. The molecule has 0 radical (unpaired) electrons. The molecule has 0 aliphatic rings. The zero-order valence-corrected chi connectivity index (χ0v) is 9.93. The number of hydrogen-bond donors (Lipinski definition) is 1. The number of pyridine rings is 1. The second-order valence-corrected chi connectivity index (χ2v) is 4.00. The molecule has 0 aliphatic heterocycles. The lowest BCUT2D eigenvalue weighted by atomic mass is 10.1. The number of ether oxygens (including phenoxy) is 1. The first-order chi connectivity index (χ1) is 8.81. The third-order valence-corrected chi connectivity index (χ3v) is 2.91. The molecule has 0 fully saturated rings. The molecule has 3 aromatic rings. The Morgan fingerprint density at radius 3 is 2.94 bits per heavy atom. The Labute approximate surface area is 104 Å². The van der Waals surface area contributed by atoms with Gasteiger partial charge in [-0.1, -0.05) is 18.2 Å². The molecule has 2 aromatic heterocycles. The van der Waals surface area contributed by atoms with Crippen LogP contribution in [0.2, 0.25) is 0 Å². The monoisotopic (exact) mass is 240 g/mol. The number of nitrogens with one attached hydrogen (secondary N) is 1. The predicted octanol–water partition coefficient (Wildman–Crippen LogP) is 2.89. The van der Waals surface area contributed by atoms with Crippen LogP contribution in [-0.4, -0.2) is 22.5 Å². The van der Waals surface area contributed by atoms with Gasteiger partial charge in [-0.25, -0.2) is 4.79 Å². The van der Waals surface area contributed by atoms with E-state index >= 15 is 0 Å². The highest BCUT2D eigenvalue weighted by molar-refractivity contribution is 6.16. The van der Waals surface area contributed by atoms with Crippen LogP contribution in [0.25, 0.3) is 21.8 Å². The van der Waals surface area contributed by atoms with Crippen molar-refractivity contribution in [3.05, 3.63) is 42.2 Å². The highest BCUT2D eigenvalue weighted by Crippen LogP contribution is 2.27. The molecule has 90 valence electrons. The van der Waals surface area contributed by atoms with Crippen molar-refractivity contribution in [2.75, 3.05) is 6.61 Å². The van der Waals surface area contributed by atoms with Gasteiger partial charge in [-0.2, -0.15) is 0 Å². The predicted molar refractivity (Wildman–Crippen MR) is 69.6 cm³/mol. The molecule has 4 nitrogen and oxygen atoms in total. The third-order valence-electron chi connectivity index (χ3n) is 2.91. The van der Waals surface area contributed by atoms with E-state index in [-0.39, 0.29) is 5.97 Å². The average molecular weight is 240 g/mol. The van der Waals surface area contributed by atoms with E-state index in [2.05, 4.69) is 9.97 Å². The molecule has 0 atom stereocenters. The summed E-state index contributed by atoms with van der Waals surface area (Å²) in [6.45, 7) is 2.15. The maximum absolute atomic E-state index is 11.9. The van der Waals surface area contributed by atoms with Gasteiger partial charge in [-0.3, -0.25) is 4.98 Å². The summed E-state index contributed by atoms with van der Waals surface area (Å²) in [5.74, 6) is -0.333. The SMILES string of the molecule is CCOC(=O)c1cncc2[nH]c3ccccc3c12. The minimum Gasteiger partial charge on any atom is -0.462 e. The Kier molecular flexibility index (Phi) is 2.48. The van der Waals surface area contributed by atoms with Crippen molar-refractivity contribution < 1.29 is 9.53 Å². The van der Waals surface area contributed by atoms with Gasteiger partial charge in [0.2, 0.25) is 0 Å². The van der Waals surface area contributed by atoms with Crippen LogP contribution < -0.4 is 0 Å². The Bertz CT molecular complexity index is 731. The van der Waals surface area contributed by atoms with Crippen LogP contribution in [0.15, 0.2) is 36.7 Å². The standard InChI is InChI=1S/C14H12N2O2/c1-2-18-14(17)10-7-15-8-12-13(10)9-5-3-4-6-11(9)16-12/h3-8,16H,2H2,1H3. The van der Waals surface area contributed by atoms with Gasteiger partial charge in [-0.05, 0) is 13.0 Å². The number of fused-ring (bicyclic) bond motifs is 3. The van der Waals surface area contributed by atoms with E-state index in [4.69, 9.17) is 4.74 Å². The maximum Gasteiger partial charge on any atom is 0.340 e. The summed E-state index contributed by atoms with van der Waals surface area (Å²) in [6.07, 6.45) is 3.28. The smallest absolute Gasteiger partial charge is 0.340 e. The van der Waals surface area contributed by atoms with Crippen molar-refractivity contribution in [1.29, 1.82) is 0 Å². The molecule has 0 aliphatic carbocycles. The van der Waals surface area contributed by atoms with Crippen LogP contribution in [0.3, 0.4) is 0 Å². The molecule has 0 unspecified atom stereocenters. The number of aromatic nitrogens is 2. The summed E-state index contributed by atoms with van der Waals surface area (Å²) in [5, 5.41) is 1.89. The van der Waals surface area contributed by atoms with E-state index in [9.17, 15) is 4.79 Å². The molecule has 0 amide bonds. The second-order valence-electron chi connectivity index (χ2n) is 4.00. The molecule has 18 heavy (non-hydrogen) atoms. The number of H-pyrrole nitrogens is 1. The summed E-state index contributed by atoms with van der Waals surface area (Å²) in [6, 6.07) is 7.86. The lowest BCUT2D eigenvalue weighted by Gasteiger charge is -2.02. The first-order valence-corrected chi connectivity index (χ1v) is 5.83. The number of benzene rings is 1. The number of rotatable bonds is 2. The van der Waals surface area contributed by atoms with E-state index in [0.717, 1.165) is 21.8 Å². The van der Waals surface area contributed by atoms with Crippen LogP contribution in [-0.2, 0) is 4.74 Å². The lowest BCUT2D eigenvalue weighted by Crippen LogP contribution is -2.05. The van der Waals surface area contributed by atoms with Gasteiger partial charge in [0, 0.05) is 22.5 Å². The fourth-order valence-electron chi connectivity index (χ4n) is 2.16. The first kappa shape index (κ1) is 10.8. The van der Waals surface area contributed by atoms with E-state index in [1.807, 2.05) is 24.3 Å². The van der Waals surface area contributed by atoms with Gasteiger partial charge < -0.3 is 9.72 Å². The second kappa shape index (κ2) is 4.14. The number of aromatic amines is 1. The number of esters is 1. The normalized spacial score (nSPS) is 10.9. The van der Waals surface area contributed by atoms with E-state index in [1.54, 1.807) is 19.3 Å². The molecule has 0 bridgehead atoms. The zero-order chi connectivity index (χ0) is 12.5. The average Bonchev–Trinajstić information content (AvgIpc) is 2.77. The fraction of sp³-hybridized carbons (Fsp3) is 0.143. The van der Waals surface area contributed by atoms with E-state index in [1.165, 1.54) is 0 Å². The van der Waals surface area contributed by atoms with Crippen LogP contribution >= 0.6 is 0 Å².